The smallest absolute Gasteiger partial charge is 0.321 e. The van der Waals surface area contributed by atoms with Crippen LogP contribution in [-0.2, 0) is 17.6 Å². The Labute approximate surface area is 245 Å². The van der Waals surface area contributed by atoms with Gasteiger partial charge in [-0.3, -0.25) is 9.69 Å². The minimum atomic E-state index is -0.715. The number of carboxylic acid groups (broad SMARTS) is 1. The predicted octanol–water partition coefficient (Wildman–Crippen LogP) is 6.53. The molecule has 6 nitrogen and oxygen atoms in total. The summed E-state index contributed by atoms with van der Waals surface area (Å²) in [5.41, 5.74) is 4.61. The summed E-state index contributed by atoms with van der Waals surface area (Å²) in [6.07, 6.45) is 3.76. The molecule has 3 heterocycles. The van der Waals surface area contributed by atoms with Crippen molar-refractivity contribution in [2.75, 3.05) is 32.7 Å². The molecule has 2 aliphatic rings. The van der Waals surface area contributed by atoms with Crippen molar-refractivity contribution < 1.29 is 14.3 Å². The Bertz CT molecular complexity index is 1300. The average molecular weight is 558 g/mol. The minimum Gasteiger partial charge on any atom is -0.480 e. The maximum Gasteiger partial charge on any atom is 0.321 e. The Morgan fingerprint density at radius 3 is 2.44 bits per heavy atom. The molecule has 3 aromatic rings. The van der Waals surface area contributed by atoms with E-state index in [4.69, 9.17) is 9.40 Å². The number of nitrogens with zero attached hydrogens (tertiary/aromatic N) is 3. The lowest BCUT2D eigenvalue weighted by molar-refractivity contribution is -0.147. The SMILES string of the molecule is CCc1nc(Cc2ccccc2)oc1C1CCN(C[C@H]2CN([C@@H](C(=O)O)C(C)(C)C)C[C@@H]2c2cccc(C)c2)CC1. The standard InChI is InChI=1S/C35H47N3O3/c1-6-30-32(41-31(36-30)20-25-12-8-7-9-13-25)26-15-17-37(18-16-26)21-28-22-38(33(34(39)40)35(3,4)5)23-29(28)27-14-10-11-24(2)19-27/h7-14,19,26,28-29,33H,6,15-18,20-23H2,1-5H3,(H,39,40)/t28-,29+,33-/m0/s1. The van der Waals surface area contributed by atoms with Gasteiger partial charge in [0.15, 0.2) is 5.89 Å². The second-order valence-electron chi connectivity index (χ2n) is 13.4. The van der Waals surface area contributed by atoms with Crippen LogP contribution in [-0.4, -0.2) is 64.6 Å². The summed E-state index contributed by atoms with van der Waals surface area (Å²) >= 11 is 0. The lowest BCUT2D eigenvalue weighted by Crippen LogP contribution is -2.48. The van der Waals surface area contributed by atoms with Gasteiger partial charge in [0.05, 0.1) is 5.69 Å². The number of hydrogen-bond acceptors (Lipinski definition) is 5. The zero-order valence-corrected chi connectivity index (χ0v) is 25.5. The van der Waals surface area contributed by atoms with Gasteiger partial charge in [0.25, 0.3) is 0 Å². The van der Waals surface area contributed by atoms with Gasteiger partial charge < -0.3 is 14.4 Å². The van der Waals surface area contributed by atoms with Gasteiger partial charge in [0.1, 0.15) is 11.8 Å². The van der Waals surface area contributed by atoms with E-state index in [0.717, 1.165) is 75.8 Å². The first-order chi connectivity index (χ1) is 19.6. The Balaban J connectivity index is 1.27. The highest BCUT2D eigenvalue weighted by atomic mass is 16.4. The first kappa shape index (κ1) is 29.5. The third-order valence-corrected chi connectivity index (χ3v) is 9.11. The quantitative estimate of drug-likeness (QED) is 0.323. The normalized spacial score (nSPS) is 21.8. The van der Waals surface area contributed by atoms with Gasteiger partial charge >= 0.3 is 5.97 Å². The number of piperidine rings is 1. The van der Waals surface area contributed by atoms with Crippen LogP contribution in [0.1, 0.15) is 86.4 Å². The number of carboxylic acids is 1. The molecule has 0 amide bonds. The first-order valence-electron chi connectivity index (χ1n) is 15.4. The fourth-order valence-electron chi connectivity index (χ4n) is 7.20. The molecule has 0 saturated carbocycles. The molecule has 5 rings (SSSR count). The Hall–Kier alpha value is -2.96. The number of hydrogen-bond donors (Lipinski definition) is 1. The number of aryl methyl sites for hydroxylation is 2. The molecule has 0 spiro atoms. The fraction of sp³-hybridized carbons (Fsp3) is 0.543. The molecule has 3 atom stereocenters. The molecule has 0 radical (unpaired) electrons. The molecule has 6 heteroatoms. The Kier molecular flexibility index (Phi) is 9.00. The molecule has 220 valence electrons. The van der Waals surface area contributed by atoms with E-state index in [0.29, 0.717) is 17.8 Å². The second kappa shape index (κ2) is 12.5. The molecule has 0 unspecified atom stereocenters. The Morgan fingerprint density at radius 1 is 1.07 bits per heavy atom. The molecule has 0 bridgehead atoms. The highest BCUT2D eigenvalue weighted by molar-refractivity contribution is 5.74. The number of aliphatic carboxylic acids is 1. The Morgan fingerprint density at radius 2 is 1.80 bits per heavy atom. The van der Waals surface area contributed by atoms with Crippen LogP contribution in [0.5, 0.6) is 0 Å². The molecule has 1 aromatic heterocycles. The largest absolute Gasteiger partial charge is 0.480 e. The van der Waals surface area contributed by atoms with Crippen molar-refractivity contribution in [2.45, 2.75) is 78.2 Å². The average Bonchev–Trinajstić information content (AvgIpc) is 3.52. The summed E-state index contributed by atoms with van der Waals surface area (Å²) in [5, 5.41) is 10.2. The van der Waals surface area contributed by atoms with Crippen molar-refractivity contribution in [3.63, 3.8) is 0 Å². The molecule has 2 aromatic carbocycles. The van der Waals surface area contributed by atoms with E-state index in [-0.39, 0.29) is 5.41 Å². The van der Waals surface area contributed by atoms with Crippen LogP contribution in [0.15, 0.2) is 59.0 Å². The van der Waals surface area contributed by atoms with Crippen LogP contribution in [0.3, 0.4) is 0 Å². The second-order valence-corrected chi connectivity index (χ2v) is 13.4. The van der Waals surface area contributed by atoms with Crippen molar-refractivity contribution in [2.24, 2.45) is 11.3 Å². The third kappa shape index (κ3) is 6.92. The molecule has 1 N–H and O–H groups in total. The van der Waals surface area contributed by atoms with Crippen LogP contribution in [0.2, 0.25) is 0 Å². The summed E-state index contributed by atoms with van der Waals surface area (Å²) in [4.78, 5) is 22.1. The molecular weight excluding hydrogens is 510 g/mol. The summed E-state index contributed by atoms with van der Waals surface area (Å²) in [7, 11) is 0. The van der Waals surface area contributed by atoms with Gasteiger partial charge in [-0.2, -0.15) is 0 Å². The molecule has 2 aliphatic heterocycles. The number of likely N-dealkylation sites (tertiary alicyclic amines) is 2. The summed E-state index contributed by atoms with van der Waals surface area (Å²) in [6.45, 7) is 15.1. The number of benzene rings is 2. The lowest BCUT2D eigenvalue weighted by atomic mass is 9.85. The summed E-state index contributed by atoms with van der Waals surface area (Å²) in [5.74, 6) is 2.34. The van der Waals surface area contributed by atoms with E-state index in [1.54, 1.807) is 0 Å². The highest BCUT2D eigenvalue weighted by Crippen LogP contribution is 2.39. The van der Waals surface area contributed by atoms with E-state index in [1.165, 1.54) is 16.7 Å². The van der Waals surface area contributed by atoms with Crippen LogP contribution in [0.25, 0.3) is 0 Å². The predicted molar refractivity (Wildman–Crippen MR) is 163 cm³/mol. The van der Waals surface area contributed by atoms with Crippen LogP contribution >= 0.6 is 0 Å². The van der Waals surface area contributed by atoms with Crippen molar-refractivity contribution in [3.8, 4) is 0 Å². The monoisotopic (exact) mass is 557 g/mol. The molecule has 0 aliphatic carbocycles. The van der Waals surface area contributed by atoms with E-state index in [1.807, 2.05) is 26.8 Å². The van der Waals surface area contributed by atoms with Crippen molar-refractivity contribution in [3.05, 3.63) is 88.6 Å². The first-order valence-corrected chi connectivity index (χ1v) is 15.4. The van der Waals surface area contributed by atoms with Crippen molar-refractivity contribution in [1.82, 2.24) is 14.8 Å². The van der Waals surface area contributed by atoms with E-state index in [2.05, 4.69) is 72.2 Å². The van der Waals surface area contributed by atoms with Crippen LogP contribution < -0.4 is 0 Å². The number of aromatic nitrogens is 1. The van der Waals surface area contributed by atoms with E-state index in [9.17, 15) is 9.90 Å². The molecule has 2 saturated heterocycles. The molecular formula is C35H47N3O3. The van der Waals surface area contributed by atoms with Gasteiger partial charge in [0.2, 0.25) is 0 Å². The lowest BCUT2D eigenvalue weighted by Gasteiger charge is -2.35. The fourth-order valence-corrected chi connectivity index (χ4v) is 7.20. The minimum absolute atomic E-state index is 0.330. The van der Waals surface area contributed by atoms with Crippen LogP contribution in [0, 0.1) is 18.3 Å². The van der Waals surface area contributed by atoms with Gasteiger partial charge in [-0.1, -0.05) is 87.9 Å². The summed E-state index contributed by atoms with van der Waals surface area (Å²) < 4.78 is 6.41. The number of carbonyl (C=O) groups is 1. The maximum absolute atomic E-state index is 12.4. The number of rotatable bonds is 9. The zero-order valence-electron chi connectivity index (χ0n) is 25.5. The zero-order chi connectivity index (χ0) is 29.1. The van der Waals surface area contributed by atoms with E-state index < -0.39 is 12.0 Å². The van der Waals surface area contributed by atoms with E-state index >= 15 is 0 Å². The van der Waals surface area contributed by atoms with Gasteiger partial charge in [-0.15, -0.1) is 0 Å². The molecule has 41 heavy (non-hydrogen) atoms. The van der Waals surface area contributed by atoms with Crippen molar-refractivity contribution in [1.29, 1.82) is 0 Å². The topological polar surface area (TPSA) is 69.8 Å². The highest BCUT2D eigenvalue weighted by Gasteiger charge is 2.44. The van der Waals surface area contributed by atoms with Gasteiger partial charge in [-0.05, 0) is 61.7 Å². The van der Waals surface area contributed by atoms with Crippen molar-refractivity contribution >= 4 is 5.97 Å². The maximum atomic E-state index is 12.4. The van der Waals surface area contributed by atoms with Gasteiger partial charge in [0, 0.05) is 37.9 Å². The number of oxazole rings is 1. The molecule has 2 fully saturated rings. The summed E-state index contributed by atoms with van der Waals surface area (Å²) in [6, 6.07) is 18.7. The third-order valence-electron chi connectivity index (χ3n) is 9.11. The van der Waals surface area contributed by atoms with Gasteiger partial charge in [-0.25, -0.2) is 4.98 Å². The van der Waals surface area contributed by atoms with Crippen LogP contribution in [0.4, 0.5) is 0 Å².